The highest BCUT2D eigenvalue weighted by atomic mass is 35.5. The number of piperazine rings is 1. The van der Waals surface area contributed by atoms with Crippen molar-refractivity contribution >= 4 is 29.1 Å². The monoisotopic (exact) mass is 496 g/mol. The van der Waals surface area contributed by atoms with Crippen molar-refractivity contribution in [2.75, 3.05) is 32.8 Å². The van der Waals surface area contributed by atoms with Crippen LogP contribution in [0, 0.1) is 0 Å². The first-order valence-corrected chi connectivity index (χ1v) is 12.6. The second-order valence-electron chi connectivity index (χ2n) is 8.52. The molecular weight excluding hydrogens is 467 g/mol. The molecule has 0 atom stereocenters. The summed E-state index contributed by atoms with van der Waals surface area (Å²) in [5, 5.41) is 0.748. The van der Waals surface area contributed by atoms with Crippen LogP contribution < -0.4 is 4.74 Å². The molecular formula is C28H30Cl2N2O2. The lowest BCUT2D eigenvalue weighted by Gasteiger charge is -2.40. The van der Waals surface area contributed by atoms with Gasteiger partial charge in [-0.1, -0.05) is 97.2 Å². The van der Waals surface area contributed by atoms with Crippen molar-refractivity contribution in [3.05, 3.63) is 99.5 Å². The molecule has 4 nitrogen and oxygen atoms in total. The Morgan fingerprint density at radius 3 is 1.91 bits per heavy atom. The fourth-order valence-corrected chi connectivity index (χ4v) is 4.99. The van der Waals surface area contributed by atoms with E-state index in [0.717, 1.165) is 25.9 Å². The molecule has 0 bridgehead atoms. The lowest BCUT2D eigenvalue weighted by molar-refractivity contribution is 0.0597. The van der Waals surface area contributed by atoms with Gasteiger partial charge >= 0.3 is 0 Å². The molecule has 6 heteroatoms. The van der Waals surface area contributed by atoms with Gasteiger partial charge in [-0.3, -0.25) is 9.69 Å². The summed E-state index contributed by atoms with van der Waals surface area (Å²) in [5.41, 5.74) is 3.00. The third-order valence-corrected chi connectivity index (χ3v) is 6.75. The predicted octanol–water partition coefficient (Wildman–Crippen LogP) is 6.72. The molecule has 0 spiro atoms. The van der Waals surface area contributed by atoms with E-state index in [-0.39, 0.29) is 11.9 Å². The van der Waals surface area contributed by atoms with Gasteiger partial charge in [0, 0.05) is 31.7 Å². The van der Waals surface area contributed by atoms with Crippen LogP contribution in [0.3, 0.4) is 0 Å². The van der Waals surface area contributed by atoms with Crippen LogP contribution in [0.25, 0.3) is 0 Å². The van der Waals surface area contributed by atoms with Gasteiger partial charge in [0.05, 0.1) is 22.7 Å². The Kier molecular flexibility index (Phi) is 8.49. The Morgan fingerprint density at radius 1 is 0.882 bits per heavy atom. The van der Waals surface area contributed by atoms with Gasteiger partial charge in [0.15, 0.2) is 5.75 Å². The van der Waals surface area contributed by atoms with Crippen LogP contribution in [0.5, 0.6) is 5.75 Å². The molecule has 4 rings (SSSR count). The SMILES string of the molecule is CCCCOc1c(Cl)cc(C(=O)N2CCN(C(c3ccccc3)c3ccccc3)CC2)cc1Cl. The van der Waals surface area contributed by atoms with E-state index >= 15 is 0 Å². The van der Waals surface area contributed by atoms with Crippen LogP contribution in [0.4, 0.5) is 0 Å². The van der Waals surface area contributed by atoms with Gasteiger partial charge < -0.3 is 9.64 Å². The molecule has 178 valence electrons. The van der Waals surface area contributed by atoms with E-state index in [4.69, 9.17) is 27.9 Å². The zero-order valence-corrected chi connectivity index (χ0v) is 20.9. The number of carbonyl (C=O) groups is 1. The molecule has 0 aliphatic carbocycles. The number of unbranched alkanes of at least 4 members (excludes halogenated alkanes) is 1. The van der Waals surface area contributed by atoms with E-state index in [1.807, 2.05) is 17.0 Å². The van der Waals surface area contributed by atoms with Crippen molar-refractivity contribution in [1.82, 2.24) is 9.80 Å². The topological polar surface area (TPSA) is 32.8 Å². The number of ether oxygens (including phenoxy) is 1. The number of hydrogen-bond donors (Lipinski definition) is 0. The Labute approximate surface area is 212 Å². The minimum Gasteiger partial charge on any atom is -0.490 e. The molecule has 1 saturated heterocycles. The second kappa shape index (κ2) is 11.7. The molecule has 0 saturated carbocycles. The summed E-state index contributed by atoms with van der Waals surface area (Å²) >= 11 is 12.8. The number of hydrogen-bond acceptors (Lipinski definition) is 3. The van der Waals surface area contributed by atoms with Gasteiger partial charge in [-0.15, -0.1) is 0 Å². The molecule has 3 aromatic carbocycles. The second-order valence-corrected chi connectivity index (χ2v) is 9.34. The Hall–Kier alpha value is -2.53. The van der Waals surface area contributed by atoms with Crippen LogP contribution in [0.1, 0.15) is 47.3 Å². The van der Waals surface area contributed by atoms with E-state index in [0.29, 0.717) is 41.1 Å². The van der Waals surface area contributed by atoms with Gasteiger partial charge in [0.1, 0.15) is 0 Å². The Bertz CT molecular complexity index is 1020. The van der Waals surface area contributed by atoms with Gasteiger partial charge in [0.2, 0.25) is 0 Å². The van der Waals surface area contributed by atoms with Crippen LogP contribution in [0.2, 0.25) is 10.0 Å². The fraction of sp³-hybridized carbons (Fsp3) is 0.321. The van der Waals surface area contributed by atoms with E-state index in [2.05, 4.69) is 60.4 Å². The zero-order chi connectivity index (χ0) is 23.9. The largest absolute Gasteiger partial charge is 0.490 e. The summed E-state index contributed by atoms with van der Waals surface area (Å²) in [6.45, 7) is 5.48. The van der Waals surface area contributed by atoms with Crippen molar-refractivity contribution < 1.29 is 9.53 Å². The standard InChI is InChI=1S/C28H30Cl2N2O2/c1-2-3-18-34-27-24(29)19-23(20-25(27)30)28(33)32-16-14-31(15-17-32)26(21-10-6-4-7-11-21)22-12-8-5-9-13-22/h4-13,19-20,26H,2-3,14-18H2,1H3. The van der Waals surface area contributed by atoms with Crippen molar-refractivity contribution in [3.8, 4) is 5.75 Å². The number of amides is 1. The lowest BCUT2D eigenvalue weighted by atomic mass is 9.96. The van der Waals surface area contributed by atoms with Gasteiger partial charge in [-0.05, 0) is 29.7 Å². The van der Waals surface area contributed by atoms with Crippen LogP contribution in [-0.4, -0.2) is 48.5 Å². The maximum atomic E-state index is 13.2. The highest BCUT2D eigenvalue weighted by Crippen LogP contribution is 2.35. The minimum atomic E-state index is -0.0560. The maximum Gasteiger partial charge on any atom is 0.254 e. The number of rotatable bonds is 8. The van der Waals surface area contributed by atoms with Crippen LogP contribution in [0.15, 0.2) is 72.8 Å². The molecule has 1 aliphatic heterocycles. The summed E-state index contributed by atoms with van der Waals surface area (Å²) < 4.78 is 5.72. The van der Waals surface area contributed by atoms with Gasteiger partial charge in [-0.25, -0.2) is 0 Å². The first-order chi connectivity index (χ1) is 16.6. The minimum absolute atomic E-state index is 0.0560. The third kappa shape index (κ3) is 5.75. The third-order valence-electron chi connectivity index (χ3n) is 6.19. The van der Waals surface area contributed by atoms with E-state index in [1.54, 1.807) is 12.1 Å². The average Bonchev–Trinajstić information content (AvgIpc) is 2.87. The summed E-state index contributed by atoms with van der Waals surface area (Å²) in [6.07, 6.45) is 1.94. The maximum absolute atomic E-state index is 13.2. The summed E-state index contributed by atoms with van der Waals surface area (Å²) in [4.78, 5) is 17.6. The highest BCUT2D eigenvalue weighted by Gasteiger charge is 2.29. The number of nitrogens with zero attached hydrogens (tertiary/aromatic N) is 2. The van der Waals surface area contributed by atoms with Crippen molar-refractivity contribution in [2.24, 2.45) is 0 Å². The normalized spacial score (nSPS) is 14.4. The van der Waals surface area contributed by atoms with Crippen molar-refractivity contribution in [3.63, 3.8) is 0 Å². The molecule has 1 amide bonds. The fourth-order valence-electron chi connectivity index (χ4n) is 4.39. The van der Waals surface area contributed by atoms with Crippen molar-refractivity contribution in [1.29, 1.82) is 0 Å². The predicted molar refractivity (Wildman–Crippen MR) is 139 cm³/mol. The summed E-state index contributed by atoms with van der Waals surface area (Å²) in [7, 11) is 0. The molecule has 0 unspecified atom stereocenters. The average molecular weight is 497 g/mol. The molecule has 1 heterocycles. The van der Waals surface area contributed by atoms with Gasteiger partial charge in [0.25, 0.3) is 5.91 Å². The van der Waals surface area contributed by atoms with E-state index in [1.165, 1.54) is 11.1 Å². The van der Waals surface area contributed by atoms with E-state index in [9.17, 15) is 4.79 Å². The van der Waals surface area contributed by atoms with E-state index < -0.39 is 0 Å². The van der Waals surface area contributed by atoms with Gasteiger partial charge in [-0.2, -0.15) is 0 Å². The molecule has 1 fully saturated rings. The number of benzene rings is 3. The smallest absolute Gasteiger partial charge is 0.254 e. The Morgan fingerprint density at radius 2 is 1.41 bits per heavy atom. The van der Waals surface area contributed by atoms with Crippen LogP contribution in [-0.2, 0) is 0 Å². The number of carbonyl (C=O) groups excluding carboxylic acids is 1. The molecule has 1 aliphatic rings. The van der Waals surface area contributed by atoms with Crippen LogP contribution >= 0.6 is 23.2 Å². The quantitative estimate of drug-likeness (QED) is 0.324. The lowest BCUT2D eigenvalue weighted by Crippen LogP contribution is -2.49. The molecule has 0 N–H and O–H groups in total. The first kappa shape index (κ1) is 24.6. The first-order valence-electron chi connectivity index (χ1n) is 11.8. The molecule has 34 heavy (non-hydrogen) atoms. The molecule has 0 aromatic heterocycles. The highest BCUT2D eigenvalue weighted by molar-refractivity contribution is 6.37. The zero-order valence-electron chi connectivity index (χ0n) is 19.4. The summed E-state index contributed by atoms with van der Waals surface area (Å²) in [5.74, 6) is 0.395. The Balaban J connectivity index is 1.46. The molecule has 3 aromatic rings. The molecule has 0 radical (unpaired) electrons. The van der Waals surface area contributed by atoms with Crippen molar-refractivity contribution in [2.45, 2.75) is 25.8 Å². The number of halogens is 2. The summed E-state index contributed by atoms with van der Waals surface area (Å²) in [6, 6.07) is 24.6.